The summed E-state index contributed by atoms with van der Waals surface area (Å²) in [7, 11) is 0. The fourth-order valence-electron chi connectivity index (χ4n) is 2.77. The van der Waals surface area contributed by atoms with Crippen LogP contribution in [0.3, 0.4) is 0 Å². The van der Waals surface area contributed by atoms with Crippen LogP contribution >= 0.6 is 0 Å². The summed E-state index contributed by atoms with van der Waals surface area (Å²) in [4.78, 5) is 36.0. The molecule has 1 atom stereocenters. The lowest BCUT2D eigenvalue weighted by molar-refractivity contribution is -0.160. The van der Waals surface area contributed by atoms with Gasteiger partial charge in [-0.2, -0.15) is 4.98 Å². The zero-order valence-corrected chi connectivity index (χ0v) is 19.3. The van der Waals surface area contributed by atoms with E-state index >= 15 is 0 Å². The lowest BCUT2D eigenvalue weighted by Crippen LogP contribution is -2.31. The number of benzene rings is 1. The first kappa shape index (κ1) is 24.3. The van der Waals surface area contributed by atoms with Crippen LogP contribution in [-0.4, -0.2) is 50.7 Å². The summed E-state index contributed by atoms with van der Waals surface area (Å²) in [5.74, 6) is -0.395. The van der Waals surface area contributed by atoms with Crippen molar-refractivity contribution in [1.82, 2.24) is 19.5 Å². The van der Waals surface area contributed by atoms with Crippen molar-refractivity contribution in [2.24, 2.45) is 5.41 Å². The number of nitrogens with zero attached hydrogens (tertiary/aromatic N) is 4. The minimum atomic E-state index is -0.612. The highest BCUT2D eigenvalue weighted by molar-refractivity contribution is 5.87. The van der Waals surface area contributed by atoms with Crippen molar-refractivity contribution in [3.63, 3.8) is 0 Å². The Morgan fingerprint density at radius 2 is 1.88 bits per heavy atom. The molecule has 0 spiro atoms. The molecule has 0 fully saturated rings. The van der Waals surface area contributed by atoms with E-state index in [1.807, 2.05) is 30.3 Å². The largest absolute Gasteiger partial charge is 0.462 e. The van der Waals surface area contributed by atoms with E-state index in [4.69, 9.17) is 14.2 Å². The number of aromatic nitrogens is 4. The van der Waals surface area contributed by atoms with Crippen molar-refractivity contribution in [1.29, 1.82) is 0 Å². The summed E-state index contributed by atoms with van der Waals surface area (Å²) in [6, 6.07) is 9.78. The second kappa shape index (κ2) is 11.0. The van der Waals surface area contributed by atoms with E-state index in [9.17, 15) is 9.59 Å². The highest BCUT2D eigenvalue weighted by atomic mass is 16.6. The van der Waals surface area contributed by atoms with Gasteiger partial charge in [0.15, 0.2) is 5.65 Å². The number of carbonyl (C=O) groups is 2. The van der Waals surface area contributed by atoms with Gasteiger partial charge in [0.05, 0.1) is 31.2 Å². The van der Waals surface area contributed by atoms with Crippen LogP contribution in [0.15, 0.2) is 42.9 Å². The van der Waals surface area contributed by atoms with Crippen LogP contribution in [0, 0.1) is 5.41 Å². The number of esters is 1. The van der Waals surface area contributed by atoms with Crippen molar-refractivity contribution in [3.05, 3.63) is 48.4 Å². The highest BCUT2D eigenvalue weighted by Crippen LogP contribution is 2.16. The van der Waals surface area contributed by atoms with Gasteiger partial charge in [0.1, 0.15) is 25.0 Å². The molecule has 2 aromatic heterocycles. The van der Waals surface area contributed by atoms with E-state index in [1.54, 1.807) is 37.9 Å². The van der Waals surface area contributed by atoms with Gasteiger partial charge in [0.2, 0.25) is 11.9 Å². The minimum absolute atomic E-state index is 0.0563. The van der Waals surface area contributed by atoms with E-state index in [0.29, 0.717) is 17.8 Å². The Morgan fingerprint density at radius 3 is 2.58 bits per heavy atom. The first-order valence-corrected chi connectivity index (χ1v) is 10.6. The molecule has 1 aromatic carbocycles. The van der Waals surface area contributed by atoms with Gasteiger partial charge in [-0.25, -0.2) is 9.97 Å². The van der Waals surface area contributed by atoms with Crippen LogP contribution < -0.4 is 5.32 Å². The van der Waals surface area contributed by atoms with Crippen LogP contribution in [0.4, 0.5) is 5.95 Å². The summed E-state index contributed by atoms with van der Waals surface area (Å²) >= 11 is 0. The Morgan fingerprint density at radius 1 is 1.12 bits per heavy atom. The van der Waals surface area contributed by atoms with Crippen LogP contribution in [0.5, 0.6) is 0 Å². The third kappa shape index (κ3) is 7.33. The molecule has 176 valence electrons. The molecule has 10 heteroatoms. The summed E-state index contributed by atoms with van der Waals surface area (Å²) in [5.41, 5.74) is 1.49. The maximum atomic E-state index is 12.2. The number of anilines is 1. The predicted octanol–water partition coefficient (Wildman–Crippen LogP) is 2.93. The molecular formula is C23H29N5O5. The molecule has 3 rings (SSSR count). The number of fused-ring (bicyclic) bond motifs is 1. The lowest BCUT2D eigenvalue weighted by Gasteiger charge is -2.22. The van der Waals surface area contributed by atoms with Gasteiger partial charge in [-0.05, 0) is 26.3 Å². The fourth-order valence-corrected chi connectivity index (χ4v) is 2.77. The molecule has 0 radical (unpaired) electrons. The van der Waals surface area contributed by atoms with E-state index in [1.165, 1.54) is 6.92 Å². The Bertz CT molecular complexity index is 1080. The standard InChI is InChI=1S/C23H29N5O5/c1-16(29)26-22-24-10-19-20(27-22)25-14-28(19)15-33-18(13-32-21(30)23(2,3)4)12-31-11-17-8-6-5-7-9-17/h5-10,14,18H,11-13,15H2,1-4H3,(H,24,26,27,29). The maximum Gasteiger partial charge on any atom is 0.311 e. The van der Waals surface area contributed by atoms with Gasteiger partial charge in [0, 0.05) is 6.92 Å². The molecule has 0 aliphatic rings. The third-order valence-corrected chi connectivity index (χ3v) is 4.54. The number of hydrogen-bond donors (Lipinski definition) is 1. The number of amides is 1. The molecule has 1 N–H and O–H groups in total. The molecule has 0 aliphatic carbocycles. The number of nitrogens with one attached hydrogen (secondary N) is 1. The number of carbonyl (C=O) groups excluding carboxylic acids is 2. The van der Waals surface area contributed by atoms with Crippen molar-refractivity contribution in [3.8, 4) is 0 Å². The second-order valence-electron chi connectivity index (χ2n) is 8.56. The quantitative estimate of drug-likeness (QED) is 0.464. The maximum absolute atomic E-state index is 12.2. The first-order chi connectivity index (χ1) is 15.7. The normalized spacial score (nSPS) is 12.5. The second-order valence-corrected chi connectivity index (χ2v) is 8.56. The van der Waals surface area contributed by atoms with E-state index in [-0.39, 0.29) is 37.8 Å². The number of ether oxygens (including phenoxy) is 3. The van der Waals surface area contributed by atoms with Crippen molar-refractivity contribution in [2.75, 3.05) is 18.5 Å². The topological polar surface area (TPSA) is 117 Å². The predicted molar refractivity (Wildman–Crippen MR) is 121 cm³/mol. The Kier molecular flexibility index (Phi) is 8.07. The fraction of sp³-hybridized carbons (Fsp3) is 0.435. The summed E-state index contributed by atoms with van der Waals surface area (Å²) in [5, 5.41) is 2.53. The monoisotopic (exact) mass is 455 g/mol. The number of hydrogen-bond acceptors (Lipinski definition) is 8. The molecule has 2 heterocycles. The molecule has 0 saturated heterocycles. The van der Waals surface area contributed by atoms with E-state index in [2.05, 4.69) is 20.3 Å². The average molecular weight is 456 g/mol. The van der Waals surface area contributed by atoms with Crippen molar-refractivity contribution in [2.45, 2.75) is 47.1 Å². The van der Waals surface area contributed by atoms with Crippen LogP contribution in [0.25, 0.3) is 11.2 Å². The molecule has 0 bridgehead atoms. The van der Waals surface area contributed by atoms with E-state index < -0.39 is 11.5 Å². The van der Waals surface area contributed by atoms with E-state index in [0.717, 1.165) is 5.56 Å². The minimum Gasteiger partial charge on any atom is -0.462 e. The van der Waals surface area contributed by atoms with Gasteiger partial charge in [-0.1, -0.05) is 30.3 Å². The zero-order valence-electron chi connectivity index (χ0n) is 19.3. The van der Waals surface area contributed by atoms with Gasteiger partial charge in [-0.15, -0.1) is 0 Å². The molecule has 3 aromatic rings. The Balaban J connectivity index is 1.62. The average Bonchev–Trinajstić information content (AvgIpc) is 3.16. The third-order valence-electron chi connectivity index (χ3n) is 4.54. The van der Waals surface area contributed by atoms with Crippen LogP contribution in [0.2, 0.25) is 0 Å². The zero-order chi connectivity index (χ0) is 23.8. The van der Waals surface area contributed by atoms with Gasteiger partial charge < -0.3 is 18.8 Å². The molecule has 33 heavy (non-hydrogen) atoms. The Hall–Kier alpha value is -3.37. The summed E-state index contributed by atoms with van der Waals surface area (Å²) < 4.78 is 19.0. The smallest absolute Gasteiger partial charge is 0.311 e. The van der Waals surface area contributed by atoms with Crippen LogP contribution in [-0.2, 0) is 37.1 Å². The number of imidazole rings is 1. The summed E-state index contributed by atoms with van der Waals surface area (Å²) in [6.45, 7) is 7.61. The highest BCUT2D eigenvalue weighted by Gasteiger charge is 2.24. The molecular weight excluding hydrogens is 426 g/mol. The number of rotatable bonds is 10. The van der Waals surface area contributed by atoms with Crippen molar-refractivity contribution >= 4 is 29.0 Å². The van der Waals surface area contributed by atoms with Gasteiger partial charge >= 0.3 is 5.97 Å². The lowest BCUT2D eigenvalue weighted by atomic mass is 9.97. The van der Waals surface area contributed by atoms with Gasteiger partial charge in [0.25, 0.3) is 0 Å². The molecule has 0 saturated carbocycles. The first-order valence-electron chi connectivity index (χ1n) is 10.6. The Labute approximate surface area is 192 Å². The van der Waals surface area contributed by atoms with Crippen LogP contribution in [0.1, 0.15) is 33.3 Å². The molecule has 1 unspecified atom stereocenters. The molecule has 10 nitrogen and oxygen atoms in total. The SMILES string of the molecule is CC(=O)Nc1ncc2c(ncn2COC(COCc2ccccc2)COC(=O)C(C)(C)C)n1. The summed E-state index contributed by atoms with van der Waals surface area (Å²) in [6.07, 6.45) is 2.64. The van der Waals surface area contributed by atoms with Gasteiger partial charge in [-0.3, -0.25) is 14.9 Å². The molecule has 1 amide bonds. The molecule has 0 aliphatic heterocycles. The van der Waals surface area contributed by atoms with Crippen molar-refractivity contribution < 1.29 is 23.8 Å².